The molecule has 0 bridgehead atoms. The van der Waals surface area contributed by atoms with Crippen LogP contribution in [0.4, 0.5) is 4.79 Å². The molecule has 2 amide bonds. The van der Waals surface area contributed by atoms with Crippen molar-refractivity contribution in [3.05, 3.63) is 0 Å². The Morgan fingerprint density at radius 2 is 1.95 bits per heavy atom. The SMILES string of the molecule is CCOC(=O)[C@@H]1CC(C)(C)C(=O)N1NC(=O)OC(C)(C)C. The summed E-state index contributed by atoms with van der Waals surface area (Å²) < 4.78 is 10.1. The van der Waals surface area contributed by atoms with Gasteiger partial charge in [-0.15, -0.1) is 0 Å². The van der Waals surface area contributed by atoms with Crippen LogP contribution in [0.2, 0.25) is 0 Å². The van der Waals surface area contributed by atoms with Gasteiger partial charge < -0.3 is 9.47 Å². The Hall–Kier alpha value is -1.79. The lowest BCUT2D eigenvalue weighted by atomic mass is 9.90. The predicted molar refractivity (Wildman–Crippen MR) is 75.0 cm³/mol. The number of ether oxygens (including phenoxy) is 2. The average molecular weight is 300 g/mol. The monoisotopic (exact) mass is 300 g/mol. The Labute approximate surface area is 124 Å². The average Bonchev–Trinajstić information content (AvgIpc) is 2.51. The molecule has 0 spiro atoms. The van der Waals surface area contributed by atoms with E-state index in [-0.39, 0.29) is 18.9 Å². The number of nitrogens with zero attached hydrogens (tertiary/aromatic N) is 1. The minimum absolute atomic E-state index is 0.213. The van der Waals surface area contributed by atoms with Crippen LogP contribution in [0.5, 0.6) is 0 Å². The molecule has 0 aromatic rings. The Morgan fingerprint density at radius 3 is 2.43 bits per heavy atom. The van der Waals surface area contributed by atoms with Gasteiger partial charge in [0.05, 0.1) is 6.61 Å². The summed E-state index contributed by atoms with van der Waals surface area (Å²) in [6.07, 6.45) is -0.497. The van der Waals surface area contributed by atoms with Crippen LogP contribution < -0.4 is 5.43 Å². The zero-order chi connectivity index (χ0) is 16.4. The van der Waals surface area contributed by atoms with Crippen LogP contribution in [0.15, 0.2) is 0 Å². The van der Waals surface area contributed by atoms with Gasteiger partial charge in [0.2, 0.25) is 5.91 Å². The third-order valence-electron chi connectivity index (χ3n) is 2.98. The maximum Gasteiger partial charge on any atom is 0.426 e. The summed E-state index contributed by atoms with van der Waals surface area (Å²) in [5, 5.41) is 1.02. The molecule has 7 nitrogen and oxygen atoms in total. The molecule has 0 unspecified atom stereocenters. The standard InChI is InChI=1S/C14H24N2O5/c1-7-20-10(17)9-8-14(5,6)11(18)16(9)15-12(19)21-13(2,3)4/h9H,7-8H2,1-6H3,(H,15,19)/t9-/m0/s1. The highest BCUT2D eigenvalue weighted by Gasteiger charge is 2.50. The molecule has 1 heterocycles. The van der Waals surface area contributed by atoms with Crippen molar-refractivity contribution in [2.24, 2.45) is 5.41 Å². The van der Waals surface area contributed by atoms with Gasteiger partial charge in [-0.05, 0) is 34.1 Å². The van der Waals surface area contributed by atoms with Crippen LogP contribution in [0.25, 0.3) is 0 Å². The van der Waals surface area contributed by atoms with E-state index in [1.54, 1.807) is 41.5 Å². The first-order chi connectivity index (χ1) is 9.48. The van der Waals surface area contributed by atoms with E-state index in [1.807, 2.05) is 0 Å². The Balaban J connectivity index is 2.86. The first-order valence-corrected chi connectivity index (χ1v) is 6.98. The first kappa shape index (κ1) is 17.3. The molecule has 1 fully saturated rings. The summed E-state index contributed by atoms with van der Waals surface area (Å²) in [6, 6.07) is -0.833. The summed E-state index contributed by atoms with van der Waals surface area (Å²) in [4.78, 5) is 36.1. The van der Waals surface area contributed by atoms with Gasteiger partial charge in [-0.2, -0.15) is 0 Å². The highest BCUT2D eigenvalue weighted by molar-refractivity contribution is 5.92. The number of hydrogen-bond donors (Lipinski definition) is 1. The second-order valence-electron chi connectivity index (χ2n) is 6.64. The molecule has 1 saturated heterocycles. The molecule has 1 N–H and O–H groups in total. The van der Waals surface area contributed by atoms with Crippen LogP contribution >= 0.6 is 0 Å². The van der Waals surface area contributed by atoms with Crippen molar-refractivity contribution in [1.29, 1.82) is 0 Å². The van der Waals surface area contributed by atoms with Gasteiger partial charge in [0, 0.05) is 5.41 Å². The van der Waals surface area contributed by atoms with Crippen molar-refractivity contribution in [3.8, 4) is 0 Å². The normalized spacial score (nSPS) is 21.1. The smallest absolute Gasteiger partial charge is 0.426 e. The third-order valence-corrected chi connectivity index (χ3v) is 2.98. The molecule has 120 valence electrons. The minimum Gasteiger partial charge on any atom is -0.464 e. The second-order valence-corrected chi connectivity index (χ2v) is 6.64. The van der Waals surface area contributed by atoms with Gasteiger partial charge in [0.25, 0.3) is 0 Å². The number of hydrazine groups is 1. The van der Waals surface area contributed by atoms with Crippen molar-refractivity contribution in [3.63, 3.8) is 0 Å². The zero-order valence-corrected chi connectivity index (χ0v) is 13.5. The maximum absolute atomic E-state index is 12.3. The van der Waals surface area contributed by atoms with Crippen molar-refractivity contribution >= 4 is 18.0 Å². The van der Waals surface area contributed by atoms with Gasteiger partial charge in [0.15, 0.2) is 6.04 Å². The van der Waals surface area contributed by atoms with Crippen LogP contribution in [-0.4, -0.2) is 41.2 Å². The van der Waals surface area contributed by atoms with E-state index in [1.165, 1.54) is 0 Å². The van der Waals surface area contributed by atoms with Crippen molar-refractivity contribution in [2.75, 3.05) is 6.61 Å². The molecule has 1 aliphatic rings. The van der Waals surface area contributed by atoms with E-state index in [9.17, 15) is 14.4 Å². The zero-order valence-electron chi connectivity index (χ0n) is 13.5. The fraction of sp³-hybridized carbons (Fsp3) is 0.786. The summed E-state index contributed by atoms with van der Waals surface area (Å²) in [6.45, 7) is 10.5. The van der Waals surface area contributed by atoms with Gasteiger partial charge in [-0.3, -0.25) is 4.79 Å². The van der Waals surface area contributed by atoms with E-state index in [4.69, 9.17) is 9.47 Å². The minimum atomic E-state index is -0.833. The Morgan fingerprint density at radius 1 is 1.38 bits per heavy atom. The van der Waals surface area contributed by atoms with Crippen LogP contribution in [0.3, 0.4) is 0 Å². The lowest BCUT2D eigenvalue weighted by Crippen LogP contribution is -2.52. The number of amides is 2. The van der Waals surface area contributed by atoms with Gasteiger partial charge in [-0.25, -0.2) is 20.0 Å². The molecule has 0 radical (unpaired) electrons. The fourth-order valence-corrected chi connectivity index (χ4v) is 2.08. The van der Waals surface area contributed by atoms with E-state index >= 15 is 0 Å². The van der Waals surface area contributed by atoms with Crippen LogP contribution in [0, 0.1) is 5.41 Å². The highest BCUT2D eigenvalue weighted by Crippen LogP contribution is 2.34. The molecule has 1 atom stereocenters. The van der Waals surface area contributed by atoms with E-state index in [0.29, 0.717) is 0 Å². The van der Waals surface area contributed by atoms with Crippen LogP contribution in [0.1, 0.15) is 48.0 Å². The number of carbonyl (C=O) groups excluding carboxylic acids is 3. The Kier molecular flexibility index (Phi) is 4.86. The first-order valence-electron chi connectivity index (χ1n) is 6.98. The van der Waals surface area contributed by atoms with Crippen molar-refractivity contribution in [1.82, 2.24) is 10.4 Å². The molecule has 0 saturated carbocycles. The quantitative estimate of drug-likeness (QED) is 0.800. The van der Waals surface area contributed by atoms with E-state index in [2.05, 4.69) is 5.43 Å². The maximum atomic E-state index is 12.3. The van der Waals surface area contributed by atoms with Gasteiger partial charge >= 0.3 is 12.1 Å². The number of esters is 1. The second kappa shape index (κ2) is 5.91. The van der Waals surface area contributed by atoms with Crippen molar-refractivity contribution < 1.29 is 23.9 Å². The topological polar surface area (TPSA) is 84.9 Å². The van der Waals surface area contributed by atoms with E-state index in [0.717, 1.165) is 5.01 Å². The van der Waals surface area contributed by atoms with Gasteiger partial charge in [0.1, 0.15) is 5.60 Å². The molecular weight excluding hydrogens is 276 g/mol. The summed E-state index contributed by atoms with van der Waals surface area (Å²) >= 11 is 0. The highest BCUT2D eigenvalue weighted by atomic mass is 16.6. The molecule has 0 aromatic carbocycles. The van der Waals surface area contributed by atoms with E-state index < -0.39 is 29.1 Å². The summed E-state index contributed by atoms with van der Waals surface area (Å²) in [5.41, 5.74) is 0.916. The largest absolute Gasteiger partial charge is 0.464 e. The molecule has 0 aliphatic carbocycles. The molecule has 1 rings (SSSR count). The molecule has 7 heteroatoms. The lowest BCUT2D eigenvalue weighted by molar-refractivity contribution is -0.153. The molecule has 21 heavy (non-hydrogen) atoms. The number of rotatable bonds is 3. The number of nitrogens with one attached hydrogen (secondary N) is 1. The fourth-order valence-electron chi connectivity index (χ4n) is 2.08. The Bertz CT molecular complexity index is 439. The lowest BCUT2D eigenvalue weighted by Gasteiger charge is -2.26. The molecule has 1 aliphatic heterocycles. The number of carbonyl (C=O) groups is 3. The van der Waals surface area contributed by atoms with Crippen molar-refractivity contribution in [2.45, 2.75) is 59.6 Å². The summed E-state index contributed by atoms with van der Waals surface area (Å²) in [5.74, 6) is -0.876. The van der Waals surface area contributed by atoms with Gasteiger partial charge in [-0.1, -0.05) is 13.8 Å². The number of hydrogen-bond acceptors (Lipinski definition) is 5. The summed E-state index contributed by atoms with van der Waals surface area (Å²) in [7, 11) is 0. The molecular formula is C14H24N2O5. The predicted octanol–water partition coefficient (Wildman–Crippen LogP) is 1.62. The van der Waals surface area contributed by atoms with Crippen LogP contribution in [-0.2, 0) is 19.1 Å². The molecule has 0 aromatic heterocycles. The third kappa shape index (κ3) is 4.34.